The van der Waals surface area contributed by atoms with Gasteiger partial charge in [-0.1, -0.05) is 0 Å². The van der Waals surface area contributed by atoms with E-state index in [0.717, 1.165) is 43.0 Å². The fraction of sp³-hybridized carbons (Fsp3) is 0.705. The summed E-state index contributed by atoms with van der Waals surface area (Å²) in [7, 11) is -1.30. The molecule has 0 saturated carbocycles. The summed E-state index contributed by atoms with van der Waals surface area (Å²) in [5, 5.41) is 9.16. The predicted molar refractivity (Wildman–Crippen MR) is 230 cm³/mol. The molecule has 1 unspecified atom stereocenters. The molecule has 1 atom stereocenters. The van der Waals surface area contributed by atoms with Crippen molar-refractivity contribution in [2.24, 2.45) is 0 Å². The van der Waals surface area contributed by atoms with E-state index in [0.29, 0.717) is 31.7 Å². The summed E-state index contributed by atoms with van der Waals surface area (Å²) in [6.07, 6.45) is 2.22. The Bertz CT molecular complexity index is 1780. The van der Waals surface area contributed by atoms with Gasteiger partial charge < -0.3 is 4.52 Å². The molecule has 0 bridgehead atoms. The number of allylic oxidation sites excluding steroid dienone is 3. The predicted octanol–water partition coefficient (Wildman–Crippen LogP) is 12.0. The average Bonchev–Trinajstić information content (AvgIpc) is 3.31. The molecule has 59 heavy (non-hydrogen) atoms. The molecule has 0 amide bonds. The second kappa shape index (κ2) is 16.6. The number of unbranched alkanes of at least 4 members (excludes halogenated alkanes) is 3. The van der Waals surface area contributed by atoms with Gasteiger partial charge in [0, 0.05) is 12.1 Å². The van der Waals surface area contributed by atoms with Crippen LogP contribution < -0.4 is 9.64 Å². The number of halogens is 3. The maximum atomic E-state index is 14.7. The van der Waals surface area contributed by atoms with Crippen LogP contribution in [-0.4, -0.2) is 84.4 Å². The number of hydrogen-bond acceptors (Lipinski definition) is 10. The molecular weight excluding hydrogens is 845 g/mol. The van der Waals surface area contributed by atoms with Crippen molar-refractivity contribution in [3.8, 4) is 11.8 Å². The van der Waals surface area contributed by atoms with E-state index in [9.17, 15) is 13.2 Å². The van der Waals surface area contributed by atoms with E-state index in [2.05, 4.69) is 69.8 Å². The van der Waals surface area contributed by atoms with E-state index in [1.54, 1.807) is 12.1 Å². The number of nitrogens with zero attached hydrogens (tertiary/aromatic N) is 3. The van der Waals surface area contributed by atoms with Crippen molar-refractivity contribution < 1.29 is 41.9 Å². The van der Waals surface area contributed by atoms with Crippen molar-refractivity contribution in [2.75, 3.05) is 24.7 Å². The van der Waals surface area contributed by atoms with Crippen molar-refractivity contribution in [3.05, 3.63) is 47.7 Å². The zero-order valence-corrected chi connectivity index (χ0v) is 40.5. The van der Waals surface area contributed by atoms with Crippen molar-refractivity contribution in [1.29, 1.82) is 5.26 Å². The zero-order valence-electron chi connectivity index (χ0n) is 37.8. The van der Waals surface area contributed by atoms with E-state index < -0.39 is 62.0 Å². The number of alkyl halides is 3. The monoisotopic (exact) mass is 913 g/mol. The molecule has 2 saturated heterocycles. The Labute approximate surface area is 354 Å². The van der Waals surface area contributed by atoms with E-state index in [1.165, 1.54) is 0 Å². The van der Waals surface area contributed by atoms with Crippen LogP contribution in [0.5, 0.6) is 5.75 Å². The first-order chi connectivity index (χ1) is 27.0. The molecule has 4 heterocycles. The number of benzene rings is 1. The molecule has 0 aromatic heterocycles. The molecule has 1 aromatic carbocycles. The minimum absolute atomic E-state index is 0.0554. The standard InChI is InChI=1S/C44H68AsF3N3O7P/c1-30(2)51(31(3)4)59(53-24-20-21-49)52-23-19-17-16-18-22-50-37-27-38-35(36(44(46,47)48)25-32(5)54-38)26-34(37)33(28-39(50,6)7)29-45(55-40(8,9)41(10,11)56-45)57-42(12,13)43(14,15)58-45/h25-28,30-31H,5,16-20,22-24,29H2,1-4,6-15H3. The molecule has 4 aliphatic rings. The van der Waals surface area contributed by atoms with Crippen LogP contribution in [0.4, 0.5) is 18.9 Å². The summed E-state index contributed by atoms with van der Waals surface area (Å²) in [4.78, 5) is 2.25. The number of ether oxygens (including phenoxy) is 1. The van der Waals surface area contributed by atoms with E-state index in [-0.39, 0.29) is 34.4 Å². The van der Waals surface area contributed by atoms with Crippen molar-refractivity contribution >= 4 is 39.2 Å². The van der Waals surface area contributed by atoms with Crippen LogP contribution in [0, 0.1) is 11.3 Å². The summed E-state index contributed by atoms with van der Waals surface area (Å²) < 4.78 is 92.8. The first kappa shape index (κ1) is 48.1. The molecule has 2 fully saturated rings. The molecule has 10 nitrogen and oxygen atoms in total. The van der Waals surface area contributed by atoms with Gasteiger partial charge in [0.05, 0.1) is 19.1 Å². The summed E-state index contributed by atoms with van der Waals surface area (Å²) in [6, 6.07) is 5.91. The molecule has 332 valence electrons. The second-order valence-corrected chi connectivity index (χ2v) is 27.0. The molecule has 4 aliphatic heterocycles. The van der Waals surface area contributed by atoms with Crippen molar-refractivity contribution in [3.63, 3.8) is 0 Å². The Balaban J connectivity index is 1.45. The van der Waals surface area contributed by atoms with Gasteiger partial charge in [-0.05, 0) is 27.7 Å². The number of fused-ring (bicyclic) bond motifs is 2. The Morgan fingerprint density at radius 3 is 1.85 bits per heavy atom. The quantitative estimate of drug-likeness (QED) is 0.0906. The molecule has 0 N–H and O–H groups in total. The molecule has 0 aliphatic carbocycles. The Kier molecular flexibility index (Phi) is 13.5. The maximum absolute atomic E-state index is 14.7. The number of hydrogen-bond donors (Lipinski definition) is 0. The van der Waals surface area contributed by atoms with Crippen LogP contribution in [0.3, 0.4) is 0 Å². The third-order valence-corrected chi connectivity index (χ3v) is 22.9. The van der Waals surface area contributed by atoms with Crippen LogP contribution in [-0.2, 0) is 24.0 Å². The van der Waals surface area contributed by atoms with Crippen LogP contribution in [0.15, 0.2) is 36.6 Å². The van der Waals surface area contributed by atoms with Crippen molar-refractivity contribution in [1.82, 2.24) is 4.67 Å². The van der Waals surface area contributed by atoms with Gasteiger partial charge in [0.1, 0.15) is 0 Å². The third-order valence-electron chi connectivity index (χ3n) is 12.2. The second-order valence-electron chi connectivity index (χ2n) is 19.3. The van der Waals surface area contributed by atoms with Crippen molar-refractivity contribution in [2.45, 2.75) is 180 Å². The van der Waals surface area contributed by atoms with Gasteiger partial charge in [-0.15, -0.1) is 0 Å². The van der Waals surface area contributed by atoms with Crippen LogP contribution in [0.25, 0.3) is 11.1 Å². The zero-order chi connectivity index (χ0) is 44.2. The number of anilines is 1. The number of nitriles is 1. The fourth-order valence-electron chi connectivity index (χ4n) is 8.32. The van der Waals surface area contributed by atoms with Gasteiger partial charge in [-0.3, -0.25) is 0 Å². The minimum atomic E-state index is -5.28. The van der Waals surface area contributed by atoms with Gasteiger partial charge in [0.15, 0.2) is 0 Å². The summed E-state index contributed by atoms with van der Waals surface area (Å²) in [5.41, 5.74) is -2.56. The molecule has 0 radical (unpaired) electrons. The first-order valence-electron chi connectivity index (χ1n) is 20.9. The summed E-state index contributed by atoms with van der Waals surface area (Å²) >= 11 is -5.28. The summed E-state index contributed by atoms with van der Waals surface area (Å²) in [6.45, 7) is 33.7. The van der Waals surface area contributed by atoms with Crippen LogP contribution in [0.1, 0.15) is 140 Å². The van der Waals surface area contributed by atoms with Gasteiger partial charge in [-0.25, -0.2) is 4.67 Å². The average molecular weight is 914 g/mol. The van der Waals surface area contributed by atoms with Gasteiger partial charge in [0.25, 0.3) is 8.53 Å². The first-order valence-corrected chi connectivity index (χ1v) is 26.4. The Hall–Kier alpha value is -1.97. The van der Waals surface area contributed by atoms with Gasteiger partial charge in [0.2, 0.25) is 0 Å². The fourth-order valence-corrected chi connectivity index (χ4v) is 21.9. The summed E-state index contributed by atoms with van der Waals surface area (Å²) in [5.74, 6) is 0.0308. The molecule has 15 heteroatoms. The molecule has 5 rings (SSSR count). The Morgan fingerprint density at radius 1 is 0.814 bits per heavy atom. The number of rotatable bonds is 16. The third kappa shape index (κ3) is 9.67. The topological polar surface area (TPSA) is 94.9 Å². The molecule has 1 spiro atoms. The van der Waals surface area contributed by atoms with Crippen LogP contribution >= 0.6 is 8.53 Å². The SMILES string of the molecule is C=C1C=C(C(F)(F)F)c2cc3c(cc2O1)N(CCCCCCOP(OCCC#N)N(C(C)C)C(C)C)C(C)(C)C=C3C[As]12(OC(C)(C)C(C)(C)O1)OC(C)(C)C(C)(C)O2. The van der Waals surface area contributed by atoms with E-state index in [4.69, 9.17) is 34.0 Å². The Morgan fingerprint density at radius 2 is 1.34 bits per heavy atom. The molecule has 1 aromatic rings. The normalized spacial score (nSPS) is 24.2. The van der Waals surface area contributed by atoms with Crippen LogP contribution in [0.2, 0.25) is 5.21 Å². The van der Waals surface area contributed by atoms with E-state index in [1.807, 2.05) is 55.4 Å². The molecular formula is C44H68AsF3N3O7P. The van der Waals surface area contributed by atoms with Gasteiger partial charge >= 0.3 is 274 Å². The van der Waals surface area contributed by atoms with E-state index >= 15 is 0 Å². The van der Waals surface area contributed by atoms with Gasteiger partial charge in [-0.2, -0.15) is 5.26 Å².